The molecule has 31 heteroatoms. The van der Waals surface area contributed by atoms with Gasteiger partial charge in [-0.1, -0.05) is 18.2 Å². The van der Waals surface area contributed by atoms with E-state index in [1.54, 1.807) is 0 Å². The lowest BCUT2D eigenvalue weighted by atomic mass is 9.89. The monoisotopic (exact) mass is 1090 g/mol. The summed E-state index contributed by atoms with van der Waals surface area (Å²) in [6.07, 6.45) is -44.0. The number of aliphatic carboxylic acids is 1. The van der Waals surface area contributed by atoms with Crippen molar-refractivity contribution in [3.05, 3.63) is 30.3 Å². The SMILES string of the molecule is CCO[C@@H]1OC(CO)[C@H](O)C(O[C@@H]2OC(CO)[C@H](O[C@H]3OC(CO)[C@@H](O)C(O[C@@]4(C(=O)O)CC(O)[C@@H](NC(C)=O)C(C[C@@H](O)CO)O4)C3O)C(O[C@@H]3OC(C)[C@H](O)C(O)C3O)C2NS(=O)(=O)c2ccccc2)C1O. The maximum atomic E-state index is 14.3. The highest BCUT2D eigenvalue weighted by Gasteiger charge is 2.61. The summed E-state index contributed by atoms with van der Waals surface area (Å²) >= 11 is 0. The molecule has 424 valence electrons. The number of nitrogens with one attached hydrogen (secondary N) is 2. The normalized spacial score (nSPS) is 43.6. The van der Waals surface area contributed by atoms with E-state index in [-0.39, 0.29) is 6.61 Å². The van der Waals surface area contributed by atoms with Crippen molar-refractivity contribution in [3.8, 4) is 0 Å². The van der Waals surface area contributed by atoms with Gasteiger partial charge < -0.3 is 124 Å². The number of amides is 1. The fourth-order valence-corrected chi connectivity index (χ4v) is 10.6. The minimum Gasteiger partial charge on any atom is -0.477 e. The van der Waals surface area contributed by atoms with Gasteiger partial charge in [-0.25, -0.2) is 17.9 Å². The number of sulfonamides is 1. The van der Waals surface area contributed by atoms with Crippen molar-refractivity contribution >= 4 is 21.9 Å². The van der Waals surface area contributed by atoms with Crippen LogP contribution in [-0.2, 0) is 67.0 Å². The molecule has 14 unspecified atom stereocenters. The van der Waals surface area contributed by atoms with Crippen LogP contribution in [-0.4, -0.2) is 278 Å². The molecular formula is C43H68N2O28S. The Labute approximate surface area is 422 Å². The van der Waals surface area contributed by atoms with Gasteiger partial charge in [0, 0.05) is 26.4 Å². The molecule has 0 aromatic heterocycles. The first-order valence-corrected chi connectivity index (χ1v) is 25.1. The van der Waals surface area contributed by atoms with E-state index >= 15 is 0 Å². The van der Waals surface area contributed by atoms with Crippen LogP contribution in [0.2, 0.25) is 0 Å². The number of carboxylic acids is 1. The van der Waals surface area contributed by atoms with Gasteiger partial charge in [0.15, 0.2) is 25.2 Å². The lowest BCUT2D eigenvalue weighted by Crippen LogP contribution is -2.71. The number of hydrogen-bond acceptors (Lipinski definition) is 27. The number of carbonyl (C=O) groups is 2. The molecule has 0 radical (unpaired) electrons. The summed E-state index contributed by atoms with van der Waals surface area (Å²) in [5.41, 5.74) is 0. The standard InChI is InChI=1S/C43H68N2O28S/c1-4-64-39-32(58)36(28(54)22(13-47)66-39)71-38-26(45-74(62,63)19-8-6-5-7-9-19)35(70-40-31(57)30(56)27(53)16(2)65-40)34(24(15-49)68-38)69-41-33(59)37(29(55)23(14-48)67-41)73-43(42(60)61)11-20(52)25(44-17(3)50)21(72-43)10-18(51)12-46/h5-9,16,18,20-41,45-49,51-59H,4,10-15H2,1-3H3,(H,44,50)(H,60,61)/t16?,18-,20?,21?,22?,23?,24?,25-,26?,27+,28+,29-,30?,31?,32?,33?,34+,35?,36?,37?,38+,39-,40+,41-,43-/m1/s1. The number of benzene rings is 1. The van der Waals surface area contributed by atoms with Crippen LogP contribution >= 0.6 is 0 Å². The molecule has 0 spiro atoms. The zero-order valence-corrected chi connectivity index (χ0v) is 40.9. The smallest absolute Gasteiger partial charge is 0.364 e. The summed E-state index contributed by atoms with van der Waals surface area (Å²) in [5.74, 6) is -5.76. The summed E-state index contributed by atoms with van der Waals surface area (Å²) in [7, 11) is -4.82. The number of aliphatic hydroxyl groups excluding tert-OH is 13. The number of rotatable bonds is 21. The van der Waals surface area contributed by atoms with Gasteiger partial charge in [0.25, 0.3) is 5.79 Å². The van der Waals surface area contributed by atoms with E-state index in [1.807, 2.05) is 0 Å². The molecule has 6 rings (SSSR count). The lowest BCUT2D eigenvalue weighted by molar-refractivity contribution is -0.395. The van der Waals surface area contributed by atoms with Crippen LogP contribution in [0.4, 0.5) is 0 Å². The molecule has 0 saturated carbocycles. The van der Waals surface area contributed by atoms with Gasteiger partial charge >= 0.3 is 5.97 Å². The number of hydrogen-bond donors (Lipinski definition) is 16. The molecule has 16 N–H and O–H groups in total. The van der Waals surface area contributed by atoms with E-state index in [0.29, 0.717) is 0 Å². The highest BCUT2D eigenvalue weighted by molar-refractivity contribution is 7.89. The number of carboxylic acid groups (broad SMARTS) is 1. The van der Waals surface area contributed by atoms with E-state index in [0.717, 1.165) is 6.92 Å². The van der Waals surface area contributed by atoms with Gasteiger partial charge in [-0.15, -0.1) is 0 Å². The fraction of sp³-hybridized carbons (Fsp3) is 0.814. The Morgan fingerprint density at radius 2 is 1.24 bits per heavy atom. The van der Waals surface area contributed by atoms with Crippen LogP contribution < -0.4 is 10.0 Å². The number of ether oxygens (including phenoxy) is 10. The van der Waals surface area contributed by atoms with E-state index in [4.69, 9.17) is 47.4 Å². The summed E-state index contributed by atoms with van der Waals surface area (Å²) in [4.78, 5) is 24.9. The second-order valence-corrected chi connectivity index (χ2v) is 20.1. The van der Waals surface area contributed by atoms with Crippen molar-refractivity contribution in [3.63, 3.8) is 0 Å². The van der Waals surface area contributed by atoms with Crippen LogP contribution in [0.3, 0.4) is 0 Å². The summed E-state index contributed by atoms with van der Waals surface area (Å²) in [6.45, 7) is -0.217. The Kier molecular flexibility index (Phi) is 21.0. The van der Waals surface area contributed by atoms with Crippen molar-refractivity contribution in [1.29, 1.82) is 0 Å². The van der Waals surface area contributed by atoms with Crippen molar-refractivity contribution in [2.45, 2.75) is 191 Å². The average molecular weight is 1090 g/mol. The van der Waals surface area contributed by atoms with E-state index in [9.17, 15) is 89.5 Å². The molecule has 5 fully saturated rings. The maximum absolute atomic E-state index is 14.3. The van der Waals surface area contributed by atoms with Gasteiger partial charge in [-0.2, -0.15) is 0 Å². The third kappa shape index (κ3) is 13.2. The van der Waals surface area contributed by atoms with Crippen LogP contribution in [0.15, 0.2) is 35.2 Å². The molecule has 5 heterocycles. The highest BCUT2D eigenvalue weighted by atomic mass is 32.2. The van der Waals surface area contributed by atoms with Crippen molar-refractivity contribution in [1.82, 2.24) is 10.0 Å². The molecule has 30 nitrogen and oxygen atoms in total. The Bertz CT molecular complexity index is 2070. The quantitative estimate of drug-likeness (QED) is 0.0544. The van der Waals surface area contributed by atoms with E-state index in [2.05, 4.69) is 10.0 Å². The first-order valence-electron chi connectivity index (χ1n) is 23.6. The average Bonchev–Trinajstić information content (AvgIpc) is 3.36. The topological polar surface area (TPSA) is 468 Å². The molecule has 5 saturated heterocycles. The molecule has 5 aliphatic rings. The van der Waals surface area contributed by atoms with Crippen LogP contribution in [0.1, 0.15) is 33.6 Å². The predicted octanol–water partition coefficient (Wildman–Crippen LogP) is -8.49. The van der Waals surface area contributed by atoms with Crippen molar-refractivity contribution in [2.24, 2.45) is 0 Å². The minimum absolute atomic E-state index is 0.0674. The van der Waals surface area contributed by atoms with E-state index < -0.39 is 219 Å². The Morgan fingerprint density at radius 3 is 1.82 bits per heavy atom. The van der Waals surface area contributed by atoms with Gasteiger partial charge in [-0.05, 0) is 26.0 Å². The molecule has 0 aliphatic carbocycles. The van der Waals surface area contributed by atoms with Crippen LogP contribution in [0, 0.1) is 0 Å². The molecule has 1 amide bonds. The van der Waals surface area contributed by atoms with Crippen LogP contribution in [0.25, 0.3) is 0 Å². The van der Waals surface area contributed by atoms with Gasteiger partial charge in [-0.3, -0.25) is 4.79 Å². The van der Waals surface area contributed by atoms with Gasteiger partial charge in [0.05, 0.1) is 61.8 Å². The molecule has 1 aromatic rings. The molecular weight excluding hydrogens is 1020 g/mol. The number of aliphatic hydroxyl groups is 13. The molecule has 25 atom stereocenters. The summed E-state index contributed by atoms with van der Waals surface area (Å²) < 4.78 is 89.9. The minimum atomic E-state index is -4.82. The molecule has 74 heavy (non-hydrogen) atoms. The Hall–Kier alpha value is -2.85. The number of carbonyl (C=O) groups excluding carboxylic acids is 1. The second-order valence-electron chi connectivity index (χ2n) is 18.4. The molecule has 0 bridgehead atoms. The van der Waals surface area contributed by atoms with Gasteiger partial charge in [0.1, 0.15) is 91.5 Å². The molecule has 1 aromatic carbocycles. The Balaban J connectivity index is 1.44. The Morgan fingerprint density at radius 1 is 0.689 bits per heavy atom. The zero-order chi connectivity index (χ0) is 54.6. The summed E-state index contributed by atoms with van der Waals surface area (Å²) in [5, 5.41) is 155. The van der Waals surface area contributed by atoms with Crippen molar-refractivity contribution in [2.75, 3.05) is 33.0 Å². The summed E-state index contributed by atoms with van der Waals surface area (Å²) in [6, 6.07) is 3.04. The maximum Gasteiger partial charge on any atom is 0.364 e. The van der Waals surface area contributed by atoms with E-state index in [1.165, 1.54) is 44.2 Å². The molecule has 5 aliphatic heterocycles. The van der Waals surface area contributed by atoms with Gasteiger partial charge in [0.2, 0.25) is 15.9 Å². The van der Waals surface area contributed by atoms with Crippen molar-refractivity contribution < 1.29 is 137 Å². The third-order valence-corrected chi connectivity index (χ3v) is 14.7. The lowest BCUT2D eigenvalue weighted by Gasteiger charge is -2.52. The first-order chi connectivity index (χ1) is 34.9. The fourth-order valence-electron chi connectivity index (χ4n) is 9.34. The third-order valence-electron chi connectivity index (χ3n) is 13.2. The van der Waals surface area contributed by atoms with Crippen LogP contribution in [0.5, 0.6) is 0 Å². The largest absolute Gasteiger partial charge is 0.477 e. The first kappa shape index (κ1) is 60.4. The second kappa shape index (κ2) is 25.7. The predicted molar refractivity (Wildman–Crippen MR) is 236 cm³/mol. The highest BCUT2D eigenvalue weighted by Crippen LogP contribution is 2.40. The zero-order valence-electron chi connectivity index (χ0n) is 40.1.